The van der Waals surface area contributed by atoms with Crippen LogP contribution < -0.4 is 5.32 Å². The molecule has 3 heteroatoms. The Labute approximate surface area is 111 Å². The van der Waals surface area contributed by atoms with Crippen LogP contribution in [-0.4, -0.2) is 18.2 Å². The van der Waals surface area contributed by atoms with Gasteiger partial charge in [0.25, 0.3) is 0 Å². The molecule has 1 fully saturated rings. The van der Waals surface area contributed by atoms with Crippen molar-refractivity contribution in [2.24, 2.45) is 0 Å². The largest absolute Gasteiger partial charge is 0.508 e. The predicted molar refractivity (Wildman–Crippen MR) is 72.8 cm³/mol. The summed E-state index contributed by atoms with van der Waals surface area (Å²) in [6.07, 6.45) is 0.731. The van der Waals surface area contributed by atoms with Crippen molar-refractivity contribution in [2.45, 2.75) is 11.8 Å². The second-order valence-corrected chi connectivity index (χ2v) is 5.21. The zero-order valence-corrected chi connectivity index (χ0v) is 10.6. The van der Waals surface area contributed by atoms with E-state index in [1.807, 2.05) is 24.3 Å². The Morgan fingerprint density at radius 2 is 1.89 bits per heavy atom. The standard InChI is InChI=1S/C16H16FNO/c17-15-7-2-1-6-14(15)16(10-18-11-16)9-12-4-3-5-13(19)8-12/h1-8,18-19H,9-11H2. The van der Waals surface area contributed by atoms with Crippen LogP contribution in [0.2, 0.25) is 0 Å². The molecular formula is C16H16FNO. The molecule has 0 bridgehead atoms. The third-order valence-electron chi connectivity index (χ3n) is 3.83. The third kappa shape index (κ3) is 2.22. The first-order chi connectivity index (χ1) is 9.20. The van der Waals surface area contributed by atoms with Crippen LogP contribution in [-0.2, 0) is 11.8 Å². The fourth-order valence-corrected chi connectivity index (χ4v) is 2.79. The van der Waals surface area contributed by atoms with Crippen molar-refractivity contribution < 1.29 is 9.50 Å². The van der Waals surface area contributed by atoms with Gasteiger partial charge in [-0.1, -0.05) is 30.3 Å². The Bertz CT molecular complexity index is 593. The Morgan fingerprint density at radius 3 is 2.53 bits per heavy atom. The highest BCUT2D eigenvalue weighted by Crippen LogP contribution is 2.34. The van der Waals surface area contributed by atoms with Gasteiger partial charge >= 0.3 is 0 Å². The maximum absolute atomic E-state index is 14.0. The zero-order valence-electron chi connectivity index (χ0n) is 10.6. The quantitative estimate of drug-likeness (QED) is 0.886. The van der Waals surface area contributed by atoms with E-state index in [4.69, 9.17) is 0 Å². The monoisotopic (exact) mass is 257 g/mol. The van der Waals surface area contributed by atoms with Crippen molar-refractivity contribution in [1.82, 2.24) is 5.32 Å². The number of hydrogen-bond donors (Lipinski definition) is 2. The van der Waals surface area contributed by atoms with Crippen molar-refractivity contribution in [1.29, 1.82) is 0 Å². The van der Waals surface area contributed by atoms with Crippen LogP contribution in [0.1, 0.15) is 11.1 Å². The van der Waals surface area contributed by atoms with Crippen LogP contribution in [0.4, 0.5) is 4.39 Å². The molecule has 0 saturated carbocycles. The topological polar surface area (TPSA) is 32.3 Å². The molecule has 0 aliphatic carbocycles. The fourth-order valence-electron chi connectivity index (χ4n) is 2.79. The first-order valence-electron chi connectivity index (χ1n) is 6.43. The molecule has 1 heterocycles. The Morgan fingerprint density at radius 1 is 1.11 bits per heavy atom. The van der Waals surface area contributed by atoms with Gasteiger partial charge in [0.2, 0.25) is 0 Å². The third-order valence-corrected chi connectivity index (χ3v) is 3.83. The minimum absolute atomic E-state index is 0.149. The number of nitrogens with one attached hydrogen (secondary N) is 1. The van der Waals surface area contributed by atoms with E-state index in [0.717, 1.165) is 30.6 Å². The van der Waals surface area contributed by atoms with Crippen molar-refractivity contribution in [2.75, 3.05) is 13.1 Å². The molecule has 1 aliphatic heterocycles. The molecule has 2 nitrogen and oxygen atoms in total. The molecule has 0 atom stereocenters. The summed E-state index contributed by atoms with van der Waals surface area (Å²) >= 11 is 0. The highest BCUT2D eigenvalue weighted by atomic mass is 19.1. The predicted octanol–water partition coefficient (Wildman–Crippen LogP) is 2.62. The van der Waals surface area contributed by atoms with Crippen LogP contribution >= 0.6 is 0 Å². The van der Waals surface area contributed by atoms with Gasteiger partial charge in [-0.05, 0) is 35.7 Å². The molecule has 98 valence electrons. The summed E-state index contributed by atoms with van der Waals surface area (Å²) in [5.74, 6) is 0.109. The molecule has 0 unspecified atom stereocenters. The Balaban J connectivity index is 1.94. The van der Waals surface area contributed by atoms with Crippen molar-refractivity contribution >= 4 is 0 Å². The van der Waals surface area contributed by atoms with Gasteiger partial charge in [-0.3, -0.25) is 0 Å². The summed E-state index contributed by atoms with van der Waals surface area (Å²) < 4.78 is 14.0. The fraction of sp³-hybridized carbons (Fsp3) is 0.250. The highest BCUT2D eigenvalue weighted by Gasteiger charge is 2.40. The van der Waals surface area contributed by atoms with E-state index in [-0.39, 0.29) is 17.0 Å². The molecule has 0 aromatic heterocycles. The average molecular weight is 257 g/mol. The van der Waals surface area contributed by atoms with Gasteiger partial charge in [-0.2, -0.15) is 0 Å². The zero-order chi connectivity index (χ0) is 13.3. The van der Waals surface area contributed by atoms with Gasteiger partial charge in [0.15, 0.2) is 0 Å². The Hall–Kier alpha value is -1.87. The minimum Gasteiger partial charge on any atom is -0.508 e. The molecule has 0 spiro atoms. The highest BCUT2D eigenvalue weighted by molar-refractivity contribution is 5.36. The summed E-state index contributed by atoms with van der Waals surface area (Å²) in [7, 11) is 0. The van der Waals surface area contributed by atoms with Gasteiger partial charge in [0, 0.05) is 18.5 Å². The number of rotatable bonds is 3. The summed E-state index contributed by atoms with van der Waals surface area (Å²) in [6.45, 7) is 1.53. The van der Waals surface area contributed by atoms with Crippen LogP contribution in [0.15, 0.2) is 48.5 Å². The number of benzene rings is 2. The van der Waals surface area contributed by atoms with Gasteiger partial charge in [-0.15, -0.1) is 0 Å². The lowest BCUT2D eigenvalue weighted by molar-refractivity contribution is 0.265. The maximum atomic E-state index is 14.0. The summed E-state index contributed by atoms with van der Waals surface area (Å²) in [6, 6.07) is 14.2. The summed E-state index contributed by atoms with van der Waals surface area (Å²) in [5, 5.41) is 12.8. The number of aromatic hydroxyl groups is 1. The van der Waals surface area contributed by atoms with Crippen LogP contribution in [0.25, 0.3) is 0 Å². The van der Waals surface area contributed by atoms with Gasteiger partial charge in [0.1, 0.15) is 11.6 Å². The normalized spacial score (nSPS) is 16.9. The minimum atomic E-state index is -0.195. The van der Waals surface area contributed by atoms with Crippen LogP contribution in [0.5, 0.6) is 5.75 Å². The molecule has 2 aromatic rings. The van der Waals surface area contributed by atoms with Crippen molar-refractivity contribution in [3.05, 3.63) is 65.5 Å². The second-order valence-electron chi connectivity index (χ2n) is 5.21. The van der Waals surface area contributed by atoms with Gasteiger partial charge in [0.05, 0.1) is 0 Å². The van der Waals surface area contributed by atoms with E-state index in [9.17, 15) is 9.50 Å². The molecule has 1 aliphatic rings. The average Bonchev–Trinajstić information content (AvgIpc) is 2.35. The molecular weight excluding hydrogens is 241 g/mol. The Kier molecular flexibility index (Phi) is 2.99. The molecule has 0 amide bonds. The van der Waals surface area contributed by atoms with Gasteiger partial charge < -0.3 is 10.4 Å². The maximum Gasteiger partial charge on any atom is 0.127 e. The lowest BCUT2D eigenvalue weighted by Gasteiger charge is -2.43. The van der Waals surface area contributed by atoms with E-state index in [2.05, 4.69) is 5.32 Å². The van der Waals surface area contributed by atoms with Crippen molar-refractivity contribution in [3.8, 4) is 5.75 Å². The molecule has 0 radical (unpaired) electrons. The number of phenolic OH excluding ortho intramolecular Hbond substituents is 1. The van der Waals surface area contributed by atoms with E-state index >= 15 is 0 Å². The molecule has 1 saturated heterocycles. The SMILES string of the molecule is Oc1cccc(CC2(c3ccccc3F)CNC2)c1. The van der Waals surface area contributed by atoms with Crippen molar-refractivity contribution in [3.63, 3.8) is 0 Å². The van der Waals surface area contributed by atoms with Gasteiger partial charge in [-0.25, -0.2) is 4.39 Å². The number of phenols is 1. The molecule has 19 heavy (non-hydrogen) atoms. The van der Waals surface area contributed by atoms with Crippen LogP contribution in [0, 0.1) is 5.82 Å². The number of hydrogen-bond acceptors (Lipinski definition) is 2. The second kappa shape index (κ2) is 4.67. The lowest BCUT2D eigenvalue weighted by Crippen LogP contribution is -2.58. The van der Waals surface area contributed by atoms with E-state index in [1.54, 1.807) is 18.2 Å². The van der Waals surface area contributed by atoms with E-state index in [1.165, 1.54) is 6.07 Å². The first kappa shape index (κ1) is 12.2. The first-order valence-corrected chi connectivity index (χ1v) is 6.43. The summed E-state index contributed by atoms with van der Waals surface area (Å²) in [5.41, 5.74) is 1.60. The molecule has 2 aromatic carbocycles. The van der Waals surface area contributed by atoms with E-state index in [0.29, 0.717) is 0 Å². The molecule has 3 rings (SSSR count). The molecule has 2 N–H and O–H groups in total. The summed E-state index contributed by atoms with van der Waals surface area (Å²) in [4.78, 5) is 0. The smallest absolute Gasteiger partial charge is 0.127 e. The van der Waals surface area contributed by atoms with Crippen LogP contribution in [0.3, 0.4) is 0 Å². The van der Waals surface area contributed by atoms with E-state index < -0.39 is 0 Å². The lowest BCUT2D eigenvalue weighted by atomic mass is 9.71. The number of halogens is 1.